The van der Waals surface area contributed by atoms with Crippen molar-refractivity contribution in [2.75, 3.05) is 0 Å². The first-order valence-electron chi connectivity index (χ1n) is 6.82. The number of carbonyl (C=O) groups excluding carboxylic acids is 2. The Labute approximate surface area is 137 Å². The zero-order chi connectivity index (χ0) is 16.7. The Bertz CT molecular complexity index is 722. The highest BCUT2D eigenvalue weighted by Gasteiger charge is 2.19. The van der Waals surface area contributed by atoms with Crippen molar-refractivity contribution in [2.45, 2.75) is 19.1 Å². The molecular formula is C16H15N3O3S. The van der Waals surface area contributed by atoms with Gasteiger partial charge in [-0.2, -0.15) is 5.26 Å². The Kier molecular flexibility index (Phi) is 5.72. The van der Waals surface area contributed by atoms with Gasteiger partial charge in [-0.15, -0.1) is 11.3 Å². The molecule has 0 saturated heterocycles. The molecule has 2 rings (SSSR count). The molecule has 2 aromatic rings. The van der Waals surface area contributed by atoms with Gasteiger partial charge in [-0.3, -0.25) is 4.79 Å². The van der Waals surface area contributed by atoms with E-state index in [9.17, 15) is 9.59 Å². The topological polar surface area (TPSA) is 105 Å². The maximum atomic E-state index is 12.0. The van der Waals surface area contributed by atoms with Crippen molar-refractivity contribution in [3.05, 3.63) is 57.8 Å². The van der Waals surface area contributed by atoms with Gasteiger partial charge < -0.3 is 15.8 Å². The molecule has 1 aromatic heterocycles. The Balaban J connectivity index is 1.94. The Morgan fingerprint density at radius 1 is 1.35 bits per heavy atom. The van der Waals surface area contributed by atoms with Crippen LogP contribution in [0.25, 0.3) is 0 Å². The van der Waals surface area contributed by atoms with Crippen LogP contribution in [0.4, 0.5) is 4.79 Å². The third kappa shape index (κ3) is 5.13. The number of nitriles is 1. The average molecular weight is 329 g/mol. The molecule has 0 saturated carbocycles. The van der Waals surface area contributed by atoms with Gasteiger partial charge in [0.2, 0.25) is 0 Å². The average Bonchev–Trinajstić information content (AvgIpc) is 3.06. The monoisotopic (exact) mass is 329 g/mol. The fourth-order valence-electron chi connectivity index (χ4n) is 2.00. The summed E-state index contributed by atoms with van der Waals surface area (Å²) in [5.74, 6) is -0.459. The van der Waals surface area contributed by atoms with Gasteiger partial charge in [-0.1, -0.05) is 18.2 Å². The number of hydrogen-bond acceptors (Lipinski definition) is 5. The van der Waals surface area contributed by atoms with Gasteiger partial charge >= 0.3 is 12.0 Å². The van der Waals surface area contributed by atoms with E-state index in [1.807, 2.05) is 23.6 Å². The number of benzene rings is 1. The summed E-state index contributed by atoms with van der Waals surface area (Å²) < 4.78 is 5.20. The maximum Gasteiger partial charge on any atom is 0.312 e. The number of nitrogens with zero attached hydrogens (tertiary/aromatic N) is 1. The zero-order valence-electron chi connectivity index (χ0n) is 12.2. The molecule has 2 amide bonds. The summed E-state index contributed by atoms with van der Waals surface area (Å²) in [5.41, 5.74) is 6.38. The quantitative estimate of drug-likeness (QED) is 0.794. The van der Waals surface area contributed by atoms with Crippen molar-refractivity contribution >= 4 is 23.3 Å². The van der Waals surface area contributed by atoms with E-state index in [1.54, 1.807) is 24.3 Å². The first-order valence-corrected chi connectivity index (χ1v) is 7.70. The second kappa shape index (κ2) is 7.96. The summed E-state index contributed by atoms with van der Waals surface area (Å²) in [5, 5.41) is 13.2. The number of rotatable bonds is 6. The van der Waals surface area contributed by atoms with Crippen LogP contribution in [0, 0.1) is 11.3 Å². The van der Waals surface area contributed by atoms with E-state index in [-0.39, 0.29) is 13.0 Å². The van der Waals surface area contributed by atoms with Gasteiger partial charge in [0.15, 0.2) is 0 Å². The van der Waals surface area contributed by atoms with Crippen LogP contribution in [0.2, 0.25) is 0 Å². The fraction of sp³-hybridized carbons (Fsp3) is 0.188. The molecule has 0 fully saturated rings. The minimum absolute atomic E-state index is 0.0125. The minimum Gasteiger partial charge on any atom is -0.461 e. The molecule has 1 heterocycles. The van der Waals surface area contributed by atoms with Crippen LogP contribution in [-0.4, -0.2) is 12.0 Å². The molecule has 23 heavy (non-hydrogen) atoms. The van der Waals surface area contributed by atoms with E-state index >= 15 is 0 Å². The van der Waals surface area contributed by atoms with Crippen LogP contribution < -0.4 is 11.1 Å². The van der Waals surface area contributed by atoms with Crippen molar-refractivity contribution in [3.63, 3.8) is 0 Å². The van der Waals surface area contributed by atoms with E-state index < -0.39 is 18.0 Å². The molecular weight excluding hydrogens is 314 g/mol. The number of amides is 2. The second-order valence-electron chi connectivity index (χ2n) is 4.75. The zero-order valence-corrected chi connectivity index (χ0v) is 13.0. The Hall–Kier alpha value is -2.85. The van der Waals surface area contributed by atoms with E-state index in [0.717, 1.165) is 10.4 Å². The number of urea groups is 1. The molecule has 1 atom stereocenters. The molecule has 0 spiro atoms. The standard InChI is InChI=1S/C16H15N3O3S/c17-9-11-3-1-4-12(7-11)10-22-15(20)8-13(19-16(18)21)14-5-2-6-23-14/h1-7,13H,8,10H2,(H3,18,19,21)/t13-/m0/s1. The van der Waals surface area contributed by atoms with Gasteiger partial charge in [0.25, 0.3) is 0 Å². The molecule has 0 unspecified atom stereocenters. The SMILES string of the molecule is N#Cc1cccc(COC(=O)C[C@H](NC(N)=O)c2cccs2)c1. The molecule has 118 valence electrons. The summed E-state index contributed by atoms with van der Waals surface area (Å²) in [6.45, 7) is 0.0715. The molecule has 0 aliphatic rings. The van der Waals surface area contributed by atoms with Gasteiger partial charge in [-0.25, -0.2) is 4.79 Å². The number of ether oxygens (including phenoxy) is 1. The predicted molar refractivity (Wildman–Crippen MR) is 85.3 cm³/mol. The number of hydrogen-bond donors (Lipinski definition) is 2. The number of nitrogens with two attached hydrogens (primary N) is 1. The number of thiophene rings is 1. The Morgan fingerprint density at radius 3 is 2.83 bits per heavy atom. The summed E-state index contributed by atoms with van der Waals surface area (Å²) in [6.07, 6.45) is -0.0125. The molecule has 3 N–H and O–H groups in total. The van der Waals surface area contributed by atoms with Crippen molar-refractivity contribution in [1.29, 1.82) is 5.26 Å². The van der Waals surface area contributed by atoms with Crippen molar-refractivity contribution < 1.29 is 14.3 Å². The summed E-state index contributed by atoms with van der Waals surface area (Å²) >= 11 is 1.42. The molecule has 7 heteroatoms. The normalized spacial score (nSPS) is 11.3. The lowest BCUT2D eigenvalue weighted by Gasteiger charge is -2.15. The molecule has 6 nitrogen and oxygen atoms in total. The van der Waals surface area contributed by atoms with Crippen LogP contribution in [0.1, 0.15) is 28.5 Å². The van der Waals surface area contributed by atoms with Crippen molar-refractivity contribution in [1.82, 2.24) is 5.32 Å². The third-order valence-corrected chi connectivity index (χ3v) is 4.02. The van der Waals surface area contributed by atoms with Crippen LogP contribution in [0.3, 0.4) is 0 Å². The van der Waals surface area contributed by atoms with Crippen LogP contribution in [-0.2, 0) is 16.1 Å². The summed E-state index contributed by atoms with van der Waals surface area (Å²) in [4.78, 5) is 23.9. The lowest BCUT2D eigenvalue weighted by molar-refractivity contribution is -0.145. The van der Waals surface area contributed by atoms with Crippen molar-refractivity contribution in [2.24, 2.45) is 5.73 Å². The molecule has 0 aliphatic heterocycles. The third-order valence-electron chi connectivity index (χ3n) is 3.03. The van der Waals surface area contributed by atoms with E-state index in [1.165, 1.54) is 11.3 Å². The van der Waals surface area contributed by atoms with Gasteiger partial charge in [0, 0.05) is 4.88 Å². The predicted octanol–water partition coefficient (Wildman–Crippen LogP) is 2.46. The largest absolute Gasteiger partial charge is 0.461 e. The van der Waals surface area contributed by atoms with E-state index in [0.29, 0.717) is 5.56 Å². The number of primary amides is 1. The van der Waals surface area contributed by atoms with E-state index in [2.05, 4.69) is 5.32 Å². The number of carbonyl (C=O) groups is 2. The fourth-order valence-corrected chi connectivity index (χ4v) is 2.78. The second-order valence-corrected chi connectivity index (χ2v) is 5.73. The van der Waals surface area contributed by atoms with Crippen LogP contribution in [0.15, 0.2) is 41.8 Å². The minimum atomic E-state index is -0.696. The first-order chi connectivity index (χ1) is 11.1. The van der Waals surface area contributed by atoms with Gasteiger partial charge in [-0.05, 0) is 29.1 Å². The van der Waals surface area contributed by atoms with Gasteiger partial charge in [0.05, 0.1) is 24.1 Å². The lowest BCUT2D eigenvalue weighted by Crippen LogP contribution is -2.34. The maximum absolute atomic E-state index is 12.0. The highest BCUT2D eigenvalue weighted by molar-refractivity contribution is 7.10. The van der Waals surface area contributed by atoms with E-state index in [4.69, 9.17) is 15.7 Å². The molecule has 0 bridgehead atoms. The molecule has 0 radical (unpaired) electrons. The first kappa shape index (κ1) is 16.5. The lowest BCUT2D eigenvalue weighted by atomic mass is 10.1. The highest BCUT2D eigenvalue weighted by atomic mass is 32.1. The number of nitrogens with one attached hydrogen (secondary N) is 1. The summed E-state index contributed by atoms with van der Waals surface area (Å²) in [7, 11) is 0. The highest BCUT2D eigenvalue weighted by Crippen LogP contribution is 2.22. The molecule has 0 aliphatic carbocycles. The Morgan fingerprint density at radius 2 is 2.17 bits per heavy atom. The van der Waals surface area contributed by atoms with Crippen LogP contribution in [0.5, 0.6) is 0 Å². The molecule has 1 aromatic carbocycles. The van der Waals surface area contributed by atoms with Gasteiger partial charge in [0.1, 0.15) is 6.61 Å². The summed E-state index contributed by atoms with van der Waals surface area (Å²) in [6, 6.07) is 11.3. The smallest absolute Gasteiger partial charge is 0.312 e. The van der Waals surface area contributed by atoms with Crippen molar-refractivity contribution in [3.8, 4) is 6.07 Å². The number of esters is 1. The van der Waals surface area contributed by atoms with Crippen LogP contribution >= 0.6 is 11.3 Å².